The number of halogens is 1. The number of hydrogen-bond donors (Lipinski definition) is 2. The van der Waals surface area contributed by atoms with Gasteiger partial charge < -0.3 is 5.43 Å². The molecule has 0 aliphatic carbocycles. The molecular formula is C12H12FN3. The van der Waals surface area contributed by atoms with Crippen LogP contribution < -0.4 is 11.3 Å². The summed E-state index contributed by atoms with van der Waals surface area (Å²) in [5, 5.41) is 1.36. The maximum atomic E-state index is 13.5. The third-order valence-corrected chi connectivity index (χ3v) is 2.49. The number of fused-ring (bicyclic) bond motifs is 1. The summed E-state index contributed by atoms with van der Waals surface area (Å²) in [6.07, 6.45) is 0. The number of rotatable bonds is 1. The molecule has 0 aliphatic rings. The zero-order valence-electron chi connectivity index (χ0n) is 8.87. The average molecular weight is 217 g/mol. The normalized spacial score (nSPS) is 11.8. The molecule has 3 nitrogen and oxygen atoms in total. The van der Waals surface area contributed by atoms with Gasteiger partial charge in [-0.05, 0) is 17.5 Å². The van der Waals surface area contributed by atoms with Crippen LogP contribution in [0.25, 0.3) is 10.8 Å². The Balaban J connectivity index is 2.77. The van der Waals surface area contributed by atoms with Gasteiger partial charge in [-0.3, -0.25) is 4.99 Å². The topological polar surface area (TPSA) is 50.4 Å². The molecule has 0 radical (unpaired) electrons. The van der Waals surface area contributed by atoms with E-state index in [1.165, 1.54) is 6.07 Å². The van der Waals surface area contributed by atoms with Crippen LogP contribution in [0, 0.1) is 5.82 Å². The van der Waals surface area contributed by atoms with Crippen LogP contribution in [0.15, 0.2) is 41.4 Å². The van der Waals surface area contributed by atoms with Crippen LogP contribution in [0.1, 0.15) is 5.56 Å². The molecule has 0 atom stereocenters. The second-order valence-corrected chi connectivity index (χ2v) is 3.36. The Labute approximate surface area is 92.8 Å². The van der Waals surface area contributed by atoms with Crippen molar-refractivity contribution in [1.82, 2.24) is 5.43 Å². The van der Waals surface area contributed by atoms with Crippen LogP contribution >= 0.6 is 0 Å². The highest BCUT2D eigenvalue weighted by molar-refractivity contribution is 6.09. The van der Waals surface area contributed by atoms with Crippen molar-refractivity contribution < 1.29 is 4.39 Å². The average Bonchev–Trinajstić information content (AvgIpc) is 2.34. The fourth-order valence-electron chi connectivity index (χ4n) is 1.73. The number of amidine groups is 1. The summed E-state index contributed by atoms with van der Waals surface area (Å²) in [7, 11) is 1.63. The molecule has 0 bridgehead atoms. The zero-order valence-corrected chi connectivity index (χ0v) is 8.87. The lowest BCUT2D eigenvalue weighted by molar-refractivity contribution is 0.640. The van der Waals surface area contributed by atoms with Gasteiger partial charge in [-0.2, -0.15) is 0 Å². The minimum atomic E-state index is -0.244. The monoisotopic (exact) mass is 217 g/mol. The highest BCUT2D eigenvalue weighted by Crippen LogP contribution is 2.21. The van der Waals surface area contributed by atoms with Gasteiger partial charge in [-0.15, -0.1) is 0 Å². The summed E-state index contributed by atoms with van der Waals surface area (Å²) in [6, 6.07) is 10.3. The molecule has 0 aliphatic heterocycles. The minimum Gasteiger partial charge on any atom is -0.308 e. The SMILES string of the molecule is CN=C(NN)c1ccc(F)c2ccccc12. The first-order valence-electron chi connectivity index (χ1n) is 4.89. The number of benzene rings is 2. The highest BCUT2D eigenvalue weighted by atomic mass is 19.1. The smallest absolute Gasteiger partial charge is 0.142 e. The fraction of sp³-hybridized carbons (Fsp3) is 0.0833. The van der Waals surface area contributed by atoms with Crippen LogP contribution in [0.4, 0.5) is 4.39 Å². The van der Waals surface area contributed by atoms with Gasteiger partial charge in [0.15, 0.2) is 0 Å². The van der Waals surface area contributed by atoms with Crippen molar-refractivity contribution in [3.63, 3.8) is 0 Å². The molecule has 0 unspecified atom stereocenters. The summed E-state index contributed by atoms with van der Waals surface area (Å²) in [5.41, 5.74) is 3.30. The molecule has 4 heteroatoms. The molecule has 0 saturated carbocycles. The molecule has 0 fully saturated rings. The Morgan fingerprint density at radius 2 is 1.88 bits per heavy atom. The van der Waals surface area contributed by atoms with Crippen molar-refractivity contribution in [3.8, 4) is 0 Å². The molecule has 0 saturated heterocycles. The van der Waals surface area contributed by atoms with E-state index in [0.717, 1.165) is 10.9 Å². The van der Waals surface area contributed by atoms with E-state index in [9.17, 15) is 4.39 Å². The lowest BCUT2D eigenvalue weighted by Gasteiger charge is -2.09. The first-order chi connectivity index (χ1) is 7.77. The maximum absolute atomic E-state index is 13.5. The van der Waals surface area contributed by atoms with Crippen molar-refractivity contribution >= 4 is 16.6 Å². The van der Waals surface area contributed by atoms with Crippen LogP contribution in [0.3, 0.4) is 0 Å². The Morgan fingerprint density at radius 3 is 2.50 bits per heavy atom. The van der Waals surface area contributed by atoms with Gasteiger partial charge >= 0.3 is 0 Å². The van der Waals surface area contributed by atoms with Crippen LogP contribution in [0.2, 0.25) is 0 Å². The molecule has 0 heterocycles. The fourth-order valence-corrected chi connectivity index (χ4v) is 1.73. The molecule has 2 aromatic rings. The molecule has 82 valence electrons. The number of nitrogens with two attached hydrogens (primary N) is 1. The Bertz CT molecular complexity index is 549. The van der Waals surface area contributed by atoms with Gasteiger partial charge in [0.05, 0.1) is 0 Å². The predicted molar refractivity (Wildman–Crippen MR) is 63.7 cm³/mol. The third kappa shape index (κ3) is 1.63. The van der Waals surface area contributed by atoms with E-state index in [1.54, 1.807) is 25.2 Å². The largest absolute Gasteiger partial charge is 0.308 e. The predicted octanol–water partition coefficient (Wildman–Crippen LogP) is 1.82. The van der Waals surface area contributed by atoms with Gasteiger partial charge in [0, 0.05) is 18.0 Å². The molecule has 2 rings (SSSR count). The van der Waals surface area contributed by atoms with E-state index < -0.39 is 0 Å². The lowest BCUT2D eigenvalue weighted by atomic mass is 10.0. The van der Waals surface area contributed by atoms with E-state index in [2.05, 4.69) is 10.4 Å². The standard InChI is InChI=1S/C12H12FN3/c1-15-12(16-14)10-6-7-11(13)9-5-3-2-4-8(9)10/h2-7H,14H2,1H3,(H,15,16). The van der Waals surface area contributed by atoms with Gasteiger partial charge in [0.25, 0.3) is 0 Å². The van der Waals surface area contributed by atoms with Crippen molar-refractivity contribution in [2.75, 3.05) is 7.05 Å². The number of aliphatic imine (C=N–C) groups is 1. The van der Waals surface area contributed by atoms with Crippen LogP contribution in [-0.4, -0.2) is 12.9 Å². The van der Waals surface area contributed by atoms with Gasteiger partial charge in [0.2, 0.25) is 0 Å². The summed E-state index contributed by atoms with van der Waals surface area (Å²) in [6.45, 7) is 0. The van der Waals surface area contributed by atoms with E-state index in [-0.39, 0.29) is 5.82 Å². The lowest BCUT2D eigenvalue weighted by Crippen LogP contribution is -2.31. The van der Waals surface area contributed by atoms with E-state index in [1.807, 2.05) is 12.1 Å². The quantitative estimate of drug-likeness (QED) is 0.331. The Hall–Kier alpha value is -1.94. The molecule has 0 amide bonds. The second kappa shape index (κ2) is 4.28. The number of nitrogens with zero attached hydrogens (tertiary/aromatic N) is 1. The third-order valence-electron chi connectivity index (χ3n) is 2.49. The van der Waals surface area contributed by atoms with Crippen molar-refractivity contribution in [1.29, 1.82) is 0 Å². The Morgan fingerprint density at radius 1 is 1.19 bits per heavy atom. The van der Waals surface area contributed by atoms with Crippen LogP contribution in [0.5, 0.6) is 0 Å². The molecule has 0 aromatic heterocycles. The molecule has 16 heavy (non-hydrogen) atoms. The Kier molecular flexibility index (Phi) is 2.83. The number of nitrogens with one attached hydrogen (secondary N) is 1. The van der Waals surface area contributed by atoms with E-state index in [0.29, 0.717) is 11.2 Å². The van der Waals surface area contributed by atoms with Crippen molar-refractivity contribution in [2.24, 2.45) is 10.8 Å². The van der Waals surface area contributed by atoms with E-state index in [4.69, 9.17) is 5.84 Å². The zero-order chi connectivity index (χ0) is 11.5. The molecular weight excluding hydrogens is 205 g/mol. The summed E-state index contributed by atoms with van der Waals surface area (Å²) in [4.78, 5) is 4.01. The maximum Gasteiger partial charge on any atom is 0.142 e. The minimum absolute atomic E-state index is 0.244. The van der Waals surface area contributed by atoms with Crippen molar-refractivity contribution in [3.05, 3.63) is 47.8 Å². The first kappa shape index (κ1) is 10.6. The molecule has 2 aromatic carbocycles. The number of hydrogen-bond acceptors (Lipinski definition) is 2. The summed E-state index contributed by atoms with van der Waals surface area (Å²) >= 11 is 0. The molecule has 0 spiro atoms. The van der Waals surface area contributed by atoms with Gasteiger partial charge in [0.1, 0.15) is 11.7 Å². The van der Waals surface area contributed by atoms with Crippen LogP contribution in [-0.2, 0) is 0 Å². The highest BCUT2D eigenvalue weighted by Gasteiger charge is 2.08. The van der Waals surface area contributed by atoms with Gasteiger partial charge in [-0.1, -0.05) is 24.3 Å². The second-order valence-electron chi connectivity index (χ2n) is 3.36. The summed E-state index contributed by atoms with van der Waals surface area (Å²) in [5.74, 6) is 5.66. The summed E-state index contributed by atoms with van der Waals surface area (Å²) < 4.78 is 13.5. The van der Waals surface area contributed by atoms with Crippen molar-refractivity contribution in [2.45, 2.75) is 0 Å². The number of hydrazine groups is 1. The van der Waals surface area contributed by atoms with E-state index >= 15 is 0 Å². The van der Waals surface area contributed by atoms with Gasteiger partial charge in [-0.25, -0.2) is 10.2 Å². The molecule has 3 N–H and O–H groups in total. The first-order valence-corrected chi connectivity index (χ1v) is 4.89.